The summed E-state index contributed by atoms with van der Waals surface area (Å²) in [7, 11) is 0. The maximum Gasteiger partial charge on any atom is 0.164 e. The van der Waals surface area contributed by atoms with Gasteiger partial charge < -0.3 is 9.47 Å². The van der Waals surface area contributed by atoms with Gasteiger partial charge in [-0.3, -0.25) is 0 Å². The summed E-state index contributed by atoms with van der Waals surface area (Å²) in [5.41, 5.74) is 0. The van der Waals surface area contributed by atoms with Crippen molar-refractivity contribution in [3.05, 3.63) is 9.47 Å². The summed E-state index contributed by atoms with van der Waals surface area (Å²) in [6.07, 6.45) is 2.07. The van der Waals surface area contributed by atoms with Crippen molar-refractivity contribution in [1.29, 1.82) is 0 Å². The van der Waals surface area contributed by atoms with E-state index in [1.54, 1.807) is 0 Å². The third kappa shape index (κ3) is 2.83. The molecule has 0 bridgehead atoms. The topological polar surface area (TPSA) is 18.5 Å². The van der Waals surface area contributed by atoms with Gasteiger partial charge in [-0.25, -0.2) is 0 Å². The number of rotatable bonds is 1. The average Bonchev–Trinajstić information content (AvgIpc) is 2.03. The highest BCUT2D eigenvalue weighted by atomic mass is 79.9. The molecule has 2 nitrogen and oxygen atoms in total. The molecule has 0 spiro atoms. The van der Waals surface area contributed by atoms with E-state index >= 15 is 0 Å². The Morgan fingerprint density at radius 2 is 1.92 bits per heavy atom. The first-order valence-corrected chi connectivity index (χ1v) is 5.38. The molecule has 0 N–H and O–H groups in total. The van der Waals surface area contributed by atoms with Crippen molar-refractivity contribution in [2.24, 2.45) is 0 Å². The van der Waals surface area contributed by atoms with E-state index in [4.69, 9.17) is 9.47 Å². The minimum Gasteiger partial charge on any atom is -0.345 e. The minimum atomic E-state index is -0.462. The van der Waals surface area contributed by atoms with Crippen LogP contribution >= 0.6 is 31.9 Å². The summed E-state index contributed by atoms with van der Waals surface area (Å²) >= 11 is 6.58. The van der Waals surface area contributed by atoms with Gasteiger partial charge in [-0.15, -0.1) is 0 Å². The highest BCUT2D eigenvalue weighted by Crippen LogP contribution is 2.30. The zero-order chi connectivity index (χ0) is 9.35. The Morgan fingerprint density at radius 3 is 2.25 bits per heavy atom. The molecule has 2 atom stereocenters. The van der Waals surface area contributed by atoms with E-state index < -0.39 is 5.79 Å². The Bertz CT molecular complexity index is 197. The molecule has 0 aromatic rings. The molecule has 0 aromatic carbocycles. The minimum absolute atomic E-state index is 0.0220. The summed E-state index contributed by atoms with van der Waals surface area (Å²) in [4.78, 5) is 0. The third-order valence-corrected chi connectivity index (χ3v) is 2.17. The van der Waals surface area contributed by atoms with Crippen LogP contribution in [0.2, 0.25) is 0 Å². The quantitative estimate of drug-likeness (QED) is 0.740. The van der Waals surface area contributed by atoms with Crippen LogP contribution in [0.15, 0.2) is 9.47 Å². The van der Waals surface area contributed by atoms with Crippen LogP contribution in [-0.2, 0) is 9.47 Å². The first-order chi connectivity index (χ1) is 5.41. The predicted octanol–water partition coefficient (Wildman–Crippen LogP) is 3.16. The van der Waals surface area contributed by atoms with Crippen LogP contribution in [0.1, 0.15) is 20.8 Å². The fourth-order valence-corrected chi connectivity index (χ4v) is 1.78. The van der Waals surface area contributed by atoms with Crippen molar-refractivity contribution in [1.82, 2.24) is 0 Å². The molecule has 1 rings (SSSR count). The van der Waals surface area contributed by atoms with E-state index in [0.29, 0.717) is 0 Å². The number of hydrogen-bond donors (Lipinski definition) is 0. The summed E-state index contributed by atoms with van der Waals surface area (Å²) in [6.45, 7) is 5.83. The van der Waals surface area contributed by atoms with Crippen molar-refractivity contribution in [2.45, 2.75) is 38.8 Å². The lowest BCUT2D eigenvalue weighted by molar-refractivity contribution is -0.141. The fraction of sp³-hybridized carbons (Fsp3) is 0.750. The van der Waals surface area contributed by atoms with Gasteiger partial charge in [0, 0.05) is 0 Å². The molecule has 1 aliphatic heterocycles. The molecule has 1 aliphatic rings. The van der Waals surface area contributed by atoms with Crippen LogP contribution in [0, 0.1) is 0 Å². The maximum atomic E-state index is 5.61. The van der Waals surface area contributed by atoms with Gasteiger partial charge in [-0.05, 0) is 58.7 Å². The zero-order valence-corrected chi connectivity index (χ0v) is 10.5. The molecule has 1 saturated heterocycles. The summed E-state index contributed by atoms with van der Waals surface area (Å²) in [6, 6.07) is 0. The standard InChI is InChI=1S/C8H12Br2O2/c1-5-6(4-7(9)10)12-8(2,3)11-5/h4-6H,1-3H3/t5-,6-/m0/s1. The molecule has 0 saturated carbocycles. The van der Waals surface area contributed by atoms with E-state index in [1.165, 1.54) is 0 Å². The zero-order valence-electron chi connectivity index (χ0n) is 7.30. The average molecular weight is 300 g/mol. The van der Waals surface area contributed by atoms with Gasteiger partial charge >= 0.3 is 0 Å². The molecular weight excluding hydrogens is 288 g/mol. The monoisotopic (exact) mass is 298 g/mol. The van der Waals surface area contributed by atoms with E-state index in [9.17, 15) is 0 Å². The van der Waals surface area contributed by atoms with Crippen LogP contribution in [0.4, 0.5) is 0 Å². The molecule has 0 unspecified atom stereocenters. The third-order valence-electron chi connectivity index (χ3n) is 1.64. The lowest BCUT2D eigenvalue weighted by Crippen LogP contribution is -2.20. The van der Waals surface area contributed by atoms with Crippen LogP contribution in [0.3, 0.4) is 0 Å². The lowest BCUT2D eigenvalue weighted by Gasteiger charge is -2.15. The second kappa shape index (κ2) is 3.78. The van der Waals surface area contributed by atoms with Crippen LogP contribution in [0.25, 0.3) is 0 Å². The van der Waals surface area contributed by atoms with Crippen LogP contribution in [-0.4, -0.2) is 18.0 Å². The lowest BCUT2D eigenvalue weighted by atomic mass is 10.2. The van der Waals surface area contributed by atoms with Crippen LogP contribution < -0.4 is 0 Å². The van der Waals surface area contributed by atoms with E-state index in [0.717, 1.165) is 3.39 Å². The van der Waals surface area contributed by atoms with Crippen molar-refractivity contribution < 1.29 is 9.47 Å². The van der Waals surface area contributed by atoms with Crippen molar-refractivity contribution in [2.75, 3.05) is 0 Å². The normalized spacial score (nSPS) is 33.4. The van der Waals surface area contributed by atoms with Crippen molar-refractivity contribution in [3.8, 4) is 0 Å². The molecule has 0 radical (unpaired) electrons. The van der Waals surface area contributed by atoms with Gasteiger partial charge in [-0.1, -0.05) is 0 Å². The molecular formula is C8H12Br2O2. The Morgan fingerprint density at radius 1 is 1.33 bits per heavy atom. The predicted molar refractivity (Wildman–Crippen MR) is 55.4 cm³/mol. The molecule has 0 aromatic heterocycles. The van der Waals surface area contributed by atoms with Crippen molar-refractivity contribution >= 4 is 31.9 Å². The largest absolute Gasteiger partial charge is 0.345 e. The van der Waals surface area contributed by atoms with Gasteiger partial charge in [0.2, 0.25) is 0 Å². The second-order valence-corrected chi connectivity index (χ2v) is 6.03. The highest BCUT2D eigenvalue weighted by Gasteiger charge is 2.37. The molecule has 12 heavy (non-hydrogen) atoms. The van der Waals surface area contributed by atoms with Gasteiger partial charge in [0.25, 0.3) is 0 Å². The SMILES string of the molecule is C[C@@H]1OC(C)(C)O[C@H]1C=C(Br)Br. The summed E-state index contributed by atoms with van der Waals surface area (Å²) in [5.74, 6) is -0.462. The maximum absolute atomic E-state index is 5.61. The first-order valence-electron chi connectivity index (χ1n) is 3.79. The molecule has 0 amide bonds. The Balaban J connectivity index is 2.65. The van der Waals surface area contributed by atoms with Crippen LogP contribution in [0.5, 0.6) is 0 Å². The van der Waals surface area contributed by atoms with Crippen molar-refractivity contribution in [3.63, 3.8) is 0 Å². The van der Waals surface area contributed by atoms with E-state index in [1.807, 2.05) is 26.8 Å². The smallest absolute Gasteiger partial charge is 0.164 e. The second-order valence-electron chi connectivity index (χ2n) is 3.26. The summed E-state index contributed by atoms with van der Waals surface area (Å²) in [5, 5.41) is 0. The van der Waals surface area contributed by atoms with Gasteiger partial charge in [0.15, 0.2) is 5.79 Å². The first kappa shape index (κ1) is 10.7. The molecule has 0 aliphatic carbocycles. The number of halogens is 2. The van der Waals surface area contributed by atoms with E-state index in [-0.39, 0.29) is 12.2 Å². The fourth-order valence-electron chi connectivity index (χ4n) is 1.26. The molecule has 70 valence electrons. The molecule has 1 heterocycles. The van der Waals surface area contributed by atoms with Gasteiger partial charge in [0.1, 0.15) is 6.10 Å². The molecule has 1 fully saturated rings. The number of ether oxygens (including phenoxy) is 2. The van der Waals surface area contributed by atoms with Gasteiger partial charge in [-0.2, -0.15) is 0 Å². The number of hydrogen-bond acceptors (Lipinski definition) is 2. The summed E-state index contributed by atoms with van der Waals surface area (Å²) < 4.78 is 12.1. The Kier molecular flexibility index (Phi) is 3.37. The Hall–Kier alpha value is 0.620. The molecule has 4 heteroatoms. The van der Waals surface area contributed by atoms with Gasteiger partial charge in [0.05, 0.1) is 9.50 Å². The Labute approximate surface area is 89.6 Å². The van der Waals surface area contributed by atoms with E-state index in [2.05, 4.69) is 31.9 Å². The highest BCUT2D eigenvalue weighted by molar-refractivity contribution is 9.28.